The lowest BCUT2D eigenvalue weighted by molar-refractivity contribution is -0.0612. The fourth-order valence-corrected chi connectivity index (χ4v) is 3.06. The summed E-state index contributed by atoms with van der Waals surface area (Å²) in [4.78, 5) is 2.23. The van der Waals surface area contributed by atoms with E-state index in [1.807, 2.05) is 19.9 Å². The first-order valence-corrected chi connectivity index (χ1v) is 7.65. The number of nitrogens with zero attached hydrogens (tertiary/aromatic N) is 1. The van der Waals surface area contributed by atoms with Gasteiger partial charge in [-0.2, -0.15) is 0 Å². The first-order valence-electron chi connectivity index (χ1n) is 6.85. The Bertz CT molecular complexity index is 441. The predicted molar refractivity (Wildman–Crippen MR) is 80.3 cm³/mol. The maximum Gasteiger partial charge on any atom is 0.124 e. The standard InChI is InChI=1S/C15H21BrFNO2/c1-15(2,18-3-5-20-6-4-18)14(19)9-11-7-12(16)10-13(17)8-11/h7-8,10,14,19H,3-6,9H2,1-2H3. The van der Waals surface area contributed by atoms with E-state index < -0.39 is 6.10 Å². The number of morpholine rings is 1. The van der Waals surface area contributed by atoms with Crippen molar-refractivity contribution in [2.75, 3.05) is 26.3 Å². The molecule has 0 amide bonds. The van der Waals surface area contributed by atoms with Gasteiger partial charge in [0.25, 0.3) is 0 Å². The molecule has 0 spiro atoms. The van der Waals surface area contributed by atoms with Gasteiger partial charge in [-0.25, -0.2) is 4.39 Å². The number of hydrogen-bond acceptors (Lipinski definition) is 3. The molecule has 1 aromatic rings. The average Bonchev–Trinajstić information content (AvgIpc) is 2.38. The highest BCUT2D eigenvalue weighted by atomic mass is 79.9. The highest BCUT2D eigenvalue weighted by Crippen LogP contribution is 2.24. The van der Waals surface area contributed by atoms with E-state index in [9.17, 15) is 9.50 Å². The van der Waals surface area contributed by atoms with Crippen molar-refractivity contribution >= 4 is 15.9 Å². The van der Waals surface area contributed by atoms with Crippen molar-refractivity contribution in [2.45, 2.75) is 31.9 Å². The number of halogens is 2. The van der Waals surface area contributed by atoms with E-state index in [-0.39, 0.29) is 11.4 Å². The molecule has 1 saturated heterocycles. The van der Waals surface area contributed by atoms with Crippen LogP contribution in [0.3, 0.4) is 0 Å². The van der Waals surface area contributed by atoms with Crippen LogP contribution in [0.4, 0.5) is 4.39 Å². The van der Waals surface area contributed by atoms with Crippen molar-refractivity contribution < 1.29 is 14.2 Å². The first-order chi connectivity index (χ1) is 9.39. The van der Waals surface area contributed by atoms with E-state index in [2.05, 4.69) is 20.8 Å². The smallest absolute Gasteiger partial charge is 0.124 e. The molecule has 1 aliphatic rings. The summed E-state index contributed by atoms with van der Waals surface area (Å²) in [5, 5.41) is 10.5. The third kappa shape index (κ3) is 3.79. The Morgan fingerprint density at radius 2 is 2.00 bits per heavy atom. The minimum Gasteiger partial charge on any atom is -0.391 e. The van der Waals surface area contributed by atoms with Gasteiger partial charge in [0.1, 0.15) is 5.82 Å². The summed E-state index contributed by atoms with van der Waals surface area (Å²) in [5.74, 6) is -0.286. The molecule has 0 radical (unpaired) electrons. The second kappa shape index (κ2) is 6.52. The third-order valence-corrected chi connectivity index (χ3v) is 4.45. The molecule has 1 unspecified atom stereocenters. The van der Waals surface area contributed by atoms with Crippen LogP contribution in [0, 0.1) is 5.82 Å². The predicted octanol–water partition coefficient (Wildman–Crippen LogP) is 2.60. The van der Waals surface area contributed by atoms with E-state index >= 15 is 0 Å². The van der Waals surface area contributed by atoms with E-state index in [1.165, 1.54) is 12.1 Å². The van der Waals surface area contributed by atoms with Gasteiger partial charge < -0.3 is 9.84 Å². The summed E-state index contributed by atoms with van der Waals surface area (Å²) in [6.45, 7) is 7.08. The lowest BCUT2D eigenvalue weighted by atomic mass is 9.89. The maximum absolute atomic E-state index is 13.4. The van der Waals surface area contributed by atoms with Crippen molar-refractivity contribution in [3.05, 3.63) is 34.1 Å². The first kappa shape index (κ1) is 15.9. The highest BCUT2D eigenvalue weighted by Gasteiger charge is 2.35. The average molecular weight is 346 g/mol. The zero-order valence-corrected chi connectivity index (χ0v) is 13.5. The molecule has 1 heterocycles. The van der Waals surface area contributed by atoms with Crippen molar-refractivity contribution in [3.8, 4) is 0 Å². The normalized spacial score (nSPS) is 19.1. The van der Waals surface area contributed by atoms with Crippen LogP contribution >= 0.6 is 15.9 Å². The molecule has 0 aliphatic carbocycles. The van der Waals surface area contributed by atoms with Crippen LogP contribution in [0.2, 0.25) is 0 Å². The quantitative estimate of drug-likeness (QED) is 0.910. The summed E-state index contributed by atoms with van der Waals surface area (Å²) in [6, 6.07) is 4.74. The van der Waals surface area contributed by atoms with Crippen LogP contribution in [-0.4, -0.2) is 48.0 Å². The Hall–Kier alpha value is -0.490. The van der Waals surface area contributed by atoms with E-state index in [4.69, 9.17) is 4.74 Å². The Balaban J connectivity index is 2.07. The molecule has 1 aromatic carbocycles. The Morgan fingerprint density at radius 1 is 1.35 bits per heavy atom. The third-order valence-electron chi connectivity index (χ3n) is 3.99. The molecule has 112 valence electrons. The van der Waals surface area contributed by atoms with Gasteiger partial charge in [0, 0.05) is 29.5 Å². The zero-order valence-electron chi connectivity index (χ0n) is 11.9. The van der Waals surface area contributed by atoms with Crippen LogP contribution in [0.1, 0.15) is 19.4 Å². The van der Waals surface area contributed by atoms with Crippen LogP contribution in [-0.2, 0) is 11.2 Å². The number of aliphatic hydroxyl groups excluding tert-OH is 1. The molecule has 1 atom stereocenters. The molecule has 0 bridgehead atoms. The van der Waals surface area contributed by atoms with Crippen molar-refractivity contribution in [3.63, 3.8) is 0 Å². The fourth-order valence-electron chi connectivity index (χ4n) is 2.55. The number of rotatable bonds is 4. The van der Waals surface area contributed by atoms with Gasteiger partial charge in [0.05, 0.1) is 19.3 Å². The maximum atomic E-state index is 13.4. The number of ether oxygens (including phenoxy) is 1. The number of hydrogen-bond donors (Lipinski definition) is 1. The van der Waals surface area contributed by atoms with Crippen LogP contribution in [0.25, 0.3) is 0 Å². The number of benzene rings is 1. The van der Waals surface area contributed by atoms with Gasteiger partial charge in [-0.1, -0.05) is 15.9 Å². The van der Waals surface area contributed by atoms with E-state index in [0.717, 1.165) is 18.7 Å². The minimum absolute atomic E-state index is 0.286. The summed E-state index contributed by atoms with van der Waals surface area (Å²) in [7, 11) is 0. The van der Waals surface area contributed by atoms with Crippen molar-refractivity contribution in [1.82, 2.24) is 4.90 Å². The van der Waals surface area contributed by atoms with Crippen LogP contribution in [0.5, 0.6) is 0 Å². The Kier molecular flexibility index (Phi) is 5.18. The molecular formula is C15H21BrFNO2. The molecule has 5 heteroatoms. The molecule has 0 aromatic heterocycles. The molecule has 1 aliphatic heterocycles. The van der Waals surface area contributed by atoms with Crippen LogP contribution < -0.4 is 0 Å². The molecular weight excluding hydrogens is 325 g/mol. The lowest BCUT2D eigenvalue weighted by Crippen LogP contribution is -2.56. The largest absolute Gasteiger partial charge is 0.391 e. The monoisotopic (exact) mass is 345 g/mol. The van der Waals surface area contributed by atoms with Gasteiger partial charge in [0.2, 0.25) is 0 Å². The SMILES string of the molecule is CC(C)(C(O)Cc1cc(F)cc(Br)c1)N1CCOCC1. The minimum atomic E-state index is -0.561. The van der Waals surface area contributed by atoms with Gasteiger partial charge in [-0.3, -0.25) is 4.90 Å². The molecule has 20 heavy (non-hydrogen) atoms. The topological polar surface area (TPSA) is 32.7 Å². The van der Waals surface area contributed by atoms with Gasteiger partial charge in [-0.15, -0.1) is 0 Å². The molecule has 0 saturated carbocycles. The van der Waals surface area contributed by atoms with E-state index in [0.29, 0.717) is 24.1 Å². The van der Waals surface area contributed by atoms with Gasteiger partial charge >= 0.3 is 0 Å². The second-order valence-corrected chi connectivity index (χ2v) is 6.67. The number of aliphatic hydroxyl groups is 1. The molecule has 1 fully saturated rings. The summed E-state index contributed by atoms with van der Waals surface area (Å²) >= 11 is 3.28. The van der Waals surface area contributed by atoms with Crippen molar-refractivity contribution in [1.29, 1.82) is 0 Å². The van der Waals surface area contributed by atoms with Gasteiger partial charge in [-0.05, 0) is 37.6 Å². The molecule has 1 N–H and O–H groups in total. The second-order valence-electron chi connectivity index (χ2n) is 5.75. The van der Waals surface area contributed by atoms with Crippen molar-refractivity contribution in [2.24, 2.45) is 0 Å². The molecule has 2 rings (SSSR count). The summed E-state index contributed by atoms with van der Waals surface area (Å²) < 4.78 is 19.4. The lowest BCUT2D eigenvalue weighted by Gasteiger charge is -2.43. The Labute approximate surface area is 127 Å². The fraction of sp³-hybridized carbons (Fsp3) is 0.600. The highest BCUT2D eigenvalue weighted by molar-refractivity contribution is 9.10. The van der Waals surface area contributed by atoms with E-state index in [1.54, 1.807) is 0 Å². The summed E-state index contributed by atoms with van der Waals surface area (Å²) in [6.07, 6.45) is -0.130. The van der Waals surface area contributed by atoms with Crippen LogP contribution in [0.15, 0.2) is 22.7 Å². The molecule has 3 nitrogen and oxygen atoms in total. The van der Waals surface area contributed by atoms with Gasteiger partial charge in [0.15, 0.2) is 0 Å². The Morgan fingerprint density at radius 3 is 2.60 bits per heavy atom. The summed E-state index contributed by atoms with van der Waals surface area (Å²) in [5.41, 5.74) is 0.438. The zero-order chi connectivity index (χ0) is 14.8.